The molecule has 1 rings (SSSR count). The molecule has 0 aliphatic carbocycles. The van der Waals surface area contributed by atoms with Gasteiger partial charge in [0.25, 0.3) is 0 Å². The molecule has 0 amide bonds. The molecular formula is C8H12N2O. The summed E-state index contributed by atoms with van der Waals surface area (Å²) in [6, 6.07) is 3.69. The second-order valence-electron chi connectivity index (χ2n) is 2.23. The fraction of sp³-hybridized carbons (Fsp3) is 0.375. The Morgan fingerprint density at radius 1 is 1.55 bits per heavy atom. The maximum Gasteiger partial charge on any atom is 0.123 e. The molecule has 0 radical (unpaired) electrons. The summed E-state index contributed by atoms with van der Waals surface area (Å²) in [6.07, 6.45) is 1.73. The molecule has 0 spiro atoms. The molecule has 0 aliphatic rings. The summed E-state index contributed by atoms with van der Waals surface area (Å²) in [4.78, 5) is 3.93. The van der Waals surface area contributed by atoms with Crippen molar-refractivity contribution in [2.24, 2.45) is 0 Å². The number of anilines is 1. The average molecular weight is 152 g/mol. The van der Waals surface area contributed by atoms with Crippen LogP contribution < -0.4 is 5.73 Å². The van der Waals surface area contributed by atoms with E-state index in [1.807, 2.05) is 13.0 Å². The molecule has 60 valence electrons. The number of nitrogen functional groups attached to an aromatic ring is 1. The van der Waals surface area contributed by atoms with Crippen LogP contribution >= 0.6 is 0 Å². The van der Waals surface area contributed by atoms with Gasteiger partial charge in [0.2, 0.25) is 0 Å². The van der Waals surface area contributed by atoms with Gasteiger partial charge < -0.3 is 10.5 Å². The number of hydrogen-bond donors (Lipinski definition) is 1. The maximum atomic E-state index is 5.40. The lowest BCUT2D eigenvalue weighted by atomic mass is 10.3. The molecule has 11 heavy (non-hydrogen) atoms. The molecule has 3 heteroatoms. The summed E-state index contributed by atoms with van der Waals surface area (Å²) >= 11 is 0. The van der Waals surface area contributed by atoms with Crippen LogP contribution in [0.25, 0.3) is 0 Å². The Bertz CT molecular complexity index is 208. The number of aromatic nitrogens is 1. The van der Waals surface area contributed by atoms with Crippen LogP contribution in [0.1, 0.15) is 12.5 Å². The Morgan fingerprint density at radius 3 is 2.91 bits per heavy atom. The van der Waals surface area contributed by atoms with Gasteiger partial charge in [0.1, 0.15) is 5.82 Å². The van der Waals surface area contributed by atoms with E-state index in [4.69, 9.17) is 10.5 Å². The van der Waals surface area contributed by atoms with Crippen molar-refractivity contribution in [3.63, 3.8) is 0 Å². The zero-order valence-corrected chi connectivity index (χ0v) is 6.58. The van der Waals surface area contributed by atoms with Crippen LogP contribution in [0.15, 0.2) is 18.3 Å². The molecule has 0 aromatic carbocycles. The minimum Gasteiger partial charge on any atom is -0.384 e. The van der Waals surface area contributed by atoms with Crippen LogP contribution in [-0.2, 0) is 11.3 Å². The van der Waals surface area contributed by atoms with E-state index in [1.165, 1.54) is 0 Å². The molecule has 1 heterocycles. The molecule has 1 aromatic rings. The molecule has 0 aliphatic heterocycles. The normalized spacial score (nSPS) is 9.91. The van der Waals surface area contributed by atoms with Crippen molar-refractivity contribution in [3.8, 4) is 0 Å². The number of hydrogen-bond acceptors (Lipinski definition) is 3. The highest BCUT2D eigenvalue weighted by Gasteiger charge is 1.91. The fourth-order valence-corrected chi connectivity index (χ4v) is 0.741. The lowest BCUT2D eigenvalue weighted by Gasteiger charge is -2.00. The topological polar surface area (TPSA) is 48.1 Å². The van der Waals surface area contributed by atoms with Gasteiger partial charge in [0.15, 0.2) is 0 Å². The molecule has 1 aromatic heterocycles. The van der Waals surface area contributed by atoms with E-state index in [-0.39, 0.29) is 0 Å². The molecule has 0 fully saturated rings. The first kappa shape index (κ1) is 8.01. The zero-order chi connectivity index (χ0) is 8.10. The Labute approximate surface area is 66.2 Å². The monoisotopic (exact) mass is 152 g/mol. The van der Waals surface area contributed by atoms with Gasteiger partial charge in [0, 0.05) is 12.8 Å². The largest absolute Gasteiger partial charge is 0.384 e. The quantitative estimate of drug-likeness (QED) is 0.708. The van der Waals surface area contributed by atoms with Crippen LogP contribution in [-0.4, -0.2) is 11.6 Å². The second kappa shape index (κ2) is 3.93. The van der Waals surface area contributed by atoms with Crippen molar-refractivity contribution in [1.29, 1.82) is 0 Å². The van der Waals surface area contributed by atoms with E-state index in [9.17, 15) is 0 Å². The van der Waals surface area contributed by atoms with E-state index < -0.39 is 0 Å². The Hall–Kier alpha value is -1.09. The van der Waals surface area contributed by atoms with Gasteiger partial charge in [-0.2, -0.15) is 0 Å². The standard InChI is InChI=1S/C8H12N2O/c1-2-11-6-7-3-4-8(9)10-5-7/h3-5H,2,6H2,1H3,(H2,9,10). The van der Waals surface area contributed by atoms with E-state index in [1.54, 1.807) is 12.3 Å². The third-order valence-corrected chi connectivity index (χ3v) is 1.32. The van der Waals surface area contributed by atoms with Gasteiger partial charge in [0.05, 0.1) is 6.61 Å². The first-order valence-corrected chi connectivity index (χ1v) is 3.61. The van der Waals surface area contributed by atoms with Gasteiger partial charge in [-0.05, 0) is 18.6 Å². The molecule has 3 nitrogen and oxygen atoms in total. The molecule has 0 saturated heterocycles. The van der Waals surface area contributed by atoms with Crippen molar-refractivity contribution < 1.29 is 4.74 Å². The molecule has 0 bridgehead atoms. The predicted octanol–water partition coefficient (Wildman–Crippen LogP) is 1.20. The lowest BCUT2D eigenvalue weighted by Crippen LogP contribution is -1.94. The molecule has 0 unspecified atom stereocenters. The summed E-state index contributed by atoms with van der Waals surface area (Å²) in [5, 5.41) is 0. The first-order chi connectivity index (χ1) is 5.33. The molecular weight excluding hydrogens is 140 g/mol. The second-order valence-corrected chi connectivity index (χ2v) is 2.23. The molecule has 2 N–H and O–H groups in total. The average Bonchev–Trinajstić information content (AvgIpc) is 2.04. The Morgan fingerprint density at radius 2 is 2.36 bits per heavy atom. The van der Waals surface area contributed by atoms with Crippen LogP contribution in [0.5, 0.6) is 0 Å². The highest BCUT2D eigenvalue weighted by Crippen LogP contribution is 2.01. The lowest BCUT2D eigenvalue weighted by molar-refractivity contribution is 0.134. The van der Waals surface area contributed by atoms with Crippen molar-refractivity contribution in [2.75, 3.05) is 12.3 Å². The maximum absolute atomic E-state index is 5.40. The van der Waals surface area contributed by atoms with Gasteiger partial charge in [-0.1, -0.05) is 6.07 Å². The SMILES string of the molecule is CCOCc1ccc(N)nc1. The van der Waals surface area contributed by atoms with Crippen LogP contribution in [0.3, 0.4) is 0 Å². The van der Waals surface area contributed by atoms with Crippen molar-refractivity contribution in [2.45, 2.75) is 13.5 Å². The van der Waals surface area contributed by atoms with Crippen LogP contribution in [0.4, 0.5) is 5.82 Å². The van der Waals surface area contributed by atoms with Gasteiger partial charge >= 0.3 is 0 Å². The Balaban J connectivity index is 2.52. The molecule has 0 atom stereocenters. The highest BCUT2D eigenvalue weighted by molar-refractivity contribution is 5.28. The van der Waals surface area contributed by atoms with Crippen molar-refractivity contribution >= 4 is 5.82 Å². The molecule has 0 saturated carbocycles. The van der Waals surface area contributed by atoms with E-state index in [0.717, 1.165) is 12.2 Å². The summed E-state index contributed by atoms with van der Waals surface area (Å²) in [5.74, 6) is 0.547. The summed E-state index contributed by atoms with van der Waals surface area (Å²) in [5.41, 5.74) is 6.46. The number of nitrogens with zero attached hydrogens (tertiary/aromatic N) is 1. The van der Waals surface area contributed by atoms with Crippen molar-refractivity contribution in [3.05, 3.63) is 23.9 Å². The highest BCUT2D eigenvalue weighted by atomic mass is 16.5. The number of ether oxygens (including phenoxy) is 1. The predicted molar refractivity (Wildman–Crippen MR) is 44.0 cm³/mol. The van der Waals surface area contributed by atoms with Gasteiger partial charge in [-0.25, -0.2) is 4.98 Å². The summed E-state index contributed by atoms with van der Waals surface area (Å²) in [6.45, 7) is 3.30. The van der Waals surface area contributed by atoms with Crippen molar-refractivity contribution in [1.82, 2.24) is 4.98 Å². The smallest absolute Gasteiger partial charge is 0.123 e. The number of rotatable bonds is 3. The zero-order valence-electron chi connectivity index (χ0n) is 6.58. The Kier molecular flexibility index (Phi) is 2.86. The number of nitrogens with two attached hydrogens (primary N) is 1. The minimum atomic E-state index is 0.547. The van der Waals surface area contributed by atoms with Crippen LogP contribution in [0, 0.1) is 0 Å². The van der Waals surface area contributed by atoms with E-state index in [0.29, 0.717) is 12.4 Å². The summed E-state index contributed by atoms with van der Waals surface area (Å²) < 4.78 is 5.18. The third-order valence-electron chi connectivity index (χ3n) is 1.32. The van der Waals surface area contributed by atoms with E-state index >= 15 is 0 Å². The van der Waals surface area contributed by atoms with Gasteiger partial charge in [-0.15, -0.1) is 0 Å². The number of pyridine rings is 1. The van der Waals surface area contributed by atoms with E-state index in [2.05, 4.69) is 4.98 Å². The third kappa shape index (κ3) is 2.55. The van der Waals surface area contributed by atoms with Crippen LogP contribution in [0.2, 0.25) is 0 Å². The fourth-order valence-electron chi connectivity index (χ4n) is 0.741. The first-order valence-electron chi connectivity index (χ1n) is 3.61. The van der Waals surface area contributed by atoms with Gasteiger partial charge in [-0.3, -0.25) is 0 Å². The minimum absolute atomic E-state index is 0.547. The summed E-state index contributed by atoms with van der Waals surface area (Å²) in [7, 11) is 0.